The largest absolute Gasteiger partial charge is 0.573 e. The molecule has 1 aromatic carbocycles. The predicted molar refractivity (Wildman–Crippen MR) is 107 cm³/mol. The maximum Gasteiger partial charge on any atom is 0.573 e. The number of carbonyl (C=O) groups excluding carboxylic acids is 2. The number of hydrogen-bond acceptors (Lipinski definition) is 5. The zero-order chi connectivity index (χ0) is 23.1. The van der Waals surface area contributed by atoms with Gasteiger partial charge in [0.1, 0.15) is 17.1 Å². The van der Waals surface area contributed by atoms with Crippen LogP contribution in [0.25, 0.3) is 11.4 Å². The minimum Gasteiger partial charge on any atom is -0.406 e. The molecule has 2 aromatic heterocycles. The maximum absolute atomic E-state index is 13.2. The molecule has 0 aliphatic carbocycles. The molecule has 32 heavy (non-hydrogen) atoms. The van der Waals surface area contributed by atoms with Crippen LogP contribution in [0, 0.1) is 0 Å². The maximum atomic E-state index is 13.2. The Morgan fingerprint density at radius 3 is 2.44 bits per heavy atom. The van der Waals surface area contributed by atoms with Crippen LogP contribution in [0.5, 0.6) is 5.75 Å². The van der Waals surface area contributed by atoms with E-state index in [4.69, 9.17) is 0 Å². The van der Waals surface area contributed by atoms with E-state index in [1.807, 2.05) is 0 Å². The van der Waals surface area contributed by atoms with Gasteiger partial charge in [-0.1, -0.05) is 0 Å². The van der Waals surface area contributed by atoms with E-state index in [-0.39, 0.29) is 12.2 Å². The predicted octanol–water partition coefficient (Wildman–Crippen LogP) is 4.12. The third kappa shape index (κ3) is 3.88. The van der Waals surface area contributed by atoms with Gasteiger partial charge in [0.05, 0.1) is 5.69 Å². The summed E-state index contributed by atoms with van der Waals surface area (Å²) >= 11 is 0. The standard InChI is InChI=1S/C21H18F3N5O3/c1-20(2)18(30)29(14-3-5-15(6-4-14)32-21(22,23)24)19(31)28(20)12-13-7-8-25-11-16(13)17-26-9-10-27-17/h3-11H,12H2,1-2H3,(H,26,27). The van der Waals surface area contributed by atoms with Crippen LogP contribution in [-0.2, 0) is 11.3 Å². The summed E-state index contributed by atoms with van der Waals surface area (Å²) in [5.74, 6) is -0.377. The number of urea groups is 1. The van der Waals surface area contributed by atoms with Gasteiger partial charge in [0.2, 0.25) is 0 Å². The lowest BCUT2D eigenvalue weighted by Crippen LogP contribution is -2.43. The average molecular weight is 445 g/mol. The molecule has 3 aromatic rings. The van der Waals surface area contributed by atoms with Gasteiger partial charge in [-0.25, -0.2) is 14.7 Å². The Hall–Kier alpha value is -3.89. The van der Waals surface area contributed by atoms with Gasteiger partial charge in [-0.05, 0) is 49.7 Å². The number of nitrogens with zero attached hydrogens (tertiary/aromatic N) is 4. The Labute approximate surface area is 180 Å². The Kier molecular flexibility index (Phi) is 5.11. The summed E-state index contributed by atoms with van der Waals surface area (Å²) in [6.45, 7) is 3.33. The summed E-state index contributed by atoms with van der Waals surface area (Å²) in [6.07, 6.45) is 1.60. The average Bonchev–Trinajstić information content (AvgIpc) is 3.31. The van der Waals surface area contributed by atoms with Gasteiger partial charge in [0, 0.05) is 36.9 Å². The molecule has 4 rings (SSSR count). The second-order valence-electron chi connectivity index (χ2n) is 7.58. The minimum atomic E-state index is -4.84. The quantitative estimate of drug-likeness (QED) is 0.597. The number of carbonyl (C=O) groups is 2. The lowest BCUT2D eigenvalue weighted by Gasteiger charge is -2.28. The zero-order valence-electron chi connectivity index (χ0n) is 17.1. The van der Waals surface area contributed by atoms with Crippen molar-refractivity contribution >= 4 is 17.6 Å². The van der Waals surface area contributed by atoms with Crippen LogP contribution in [0.1, 0.15) is 19.4 Å². The highest BCUT2D eigenvalue weighted by atomic mass is 19.4. The first kappa shape index (κ1) is 21.3. The van der Waals surface area contributed by atoms with Crippen LogP contribution in [0.3, 0.4) is 0 Å². The van der Waals surface area contributed by atoms with Crippen molar-refractivity contribution in [2.24, 2.45) is 0 Å². The number of benzene rings is 1. The number of aromatic nitrogens is 3. The molecular formula is C21H18F3N5O3. The van der Waals surface area contributed by atoms with E-state index in [1.54, 1.807) is 44.7 Å². The molecule has 166 valence electrons. The van der Waals surface area contributed by atoms with Gasteiger partial charge in [-0.2, -0.15) is 0 Å². The fourth-order valence-corrected chi connectivity index (χ4v) is 3.48. The van der Waals surface area contributed by atoms with Gasteiger partial charge in [0.25, 0.3) is 5.91 Å². The van der Waals surface area contributed by atoms with Gasteiger partial charge >= 0.3 is 12.4 Å². The highest BCUT2D eigenvalue weighted by Gasteiger charge is 2.52. The van der Waals surface area contributed by atoms with Gasteiger partial charge < -0.3 is 14.6 Å². The molecule has 11 heteroatoms. The molecule has 0 atom stereocenters. The molecule has 3 amide bonds. The van der Waals surface area contributed by atoms with E-state index in [2.05, 4.69) is 19.7 Å². The summed E-state index contributed by atoms with van der Waals surface area (Å²) in [6, 6.07) is 5.71. The van der Waals surface area contributed by atoms with Crippen molar-refractivity contribution in [1.82, 2.24) is 19.9 Å². The Bertz CT molecular complexity index is 1140. The third-order valence-electron chi connectivity index (χ3n) is 5.15. The fraction of sp³-hybridized carbons (Fsp3) is 0.238. The van der Waals surface area contributed by atoms with E-state index in [0.717, 1.165) is 22.6 Å². The van der Waals surface area contributed by atoms with Crippen LogP contribution in [-0.4, -0.2) is 43.7 Å². The number of H-pyrrole nitrogens is 1. The van der Waals surface area contributed by atoms with E-state index < -0.39 is 29.6 Å². The highest BCUT2D eigenvalue weighted by molar-refractivity contribution is 6.22. The Balaban J connectivity index is 1.63. The van der Waals surface area contributed by atoms with Crippen LogP contribution in [0.4, 0.5) is 23.7 Å². The topological polar surface area (TPSA) is 91.4 Å². The smallest absolute Gasteiger partial charge is 0.406 e. The molecule has 0 radical (unpaired) electrons. The molecular weight excluding hydrogens is 427 g/mol. The lowest BCUT2D eigenvalue weighted by molar-refractivity contribution is -0.274. The minimum absolute atomic E-state index is 0.0991. The molecule has 1 aliphatic rings. The molecule has 1 aliphatic heterocycles. The number of halogens is 3. The van der Waals surface area contributed by atoms with E-state index in [0.29, 0.717) is 11.4 Å². The van der Waals surface area contributed by atoms with Crippen LogP contribution in [0.2, 0.25) is 0 Å². The summed E-state index contributed by atoms with van der Waals surface area (Å²) in [4.78, 5) is 40.0. The third-order valence-corrected chi connectivity index (χ3v) is 5.15. The SMILES string of the molecule is CC1(C)C(=O)N(c2ccc(OC(F)(F)F)cc2)C(=O)N1Cc1ccncc1-c1ncc[nH]1. The summed E-state index contributed by atoms with van der Waals surface area (Å²) < 4.78 is 41.1. The Morgan fingerprint density at radius 1 is 1.09 bits per heavy atom. The first-order valence-corrected chi connectivity index (χ1v) is 9.52. The second-order valence-corrected chi connectivity index (χ2v) is 7.58. The van der Waals surface area contributed by atoms with Crippen molar-refractivity contribution in [2.45, 2.75) is 32.3 Å². The first-order valence-electron chi connectivity index (χ1n) is 9.52. The van der Waals surface area contributed by atoms with E-state index >= 15 is 0 Å². The molecule has 0 spiro atoms. The molecule has 1 fully saturated rings. The molecule has 0 unspecified atom stereocenters. The van der Waals surface area contributed by atoms with Crippen molar-refractivity contribution in [2.75, 3.05) is 4.90 Å². The van der Waals surface area contributed by atoms with Crippen LogP contribution < -0.4 is 9.64 Å². The number of alkyl halides is 3. The number of imide groups is 1. The molecule has 0 saturated carbocycles. The number of ether oxygens (including phenoxy) is 1. The van der Waals surface area contributed by atoms with Crippen molar-refractivity contribution < 1.29 is 27.5 Å². The number of hydrogen-bond donors (Lipinski definition) is 1. The fourth-order valence-electron chi connectivity index (χ4n) is 3.48. The molecule has 3 heterocycles. The van der Waals surface area contributed by atoms with Crippen molar-refractivity contribution in [1.29, 1.82) is 0 Å². The van der Waals surface area contributed by atoms with Crippen LogP contribution >= 0.6 is 0 Å². The first-order chi connectivity index (χ1) is 15.1. The van der Waals surface area contributed by atoms with E-state index in [1.165, 1.54) is 17.0 Å². The van der Waals surface area contributed by atoms with Gasteiger partial charge in [-0.3, -0.25) is 9.78 Å². The molecule has 0 bridgehead atoms. The van der Waals surface area contributed by atoms with Crippen LogP contribution in [0.15, 0.2) is 55.1 Å². The highest BCUT2D eigenvalue weighted by Crippen LogP contribution is 2.35. The molecule has 8 nitrogen and oxygen atoms in total. The number of nitrogens with one attached hydrogen (secondary N) is 1. The normalized spacial score (nSPS) is 16.0. The van der Waals surface area contributed by atoms with Crippen molar-refractivity contribution in [3.05, 3.63) is 60.7 Å². The number of imidazole rings is 1. The number of rotatable bonds is 5. The molecule has 1 N–H and O–H groups in total. The summed E-state index contributed by atoms with van der Waals surface area (Å²) in [7, 11) is 0. The number of amides is 3. The van der Waals surface area contributed by atoms with Crippen molar-refractivity contribution in [3.8, 4) is 17.1 Å². The number of anilines is 1. The number of pyridine rings is 1. The number of aromatic amines is 1. The van der Waals surface area contributed by atoms with Crippen molar-refractivity contribution in [3.63, 3.8) is 0 Å². The lowest BCUT2D eigenvalue weighted by atomic mass is 10.0. The van der Waals surface area contributed by atoms with E-state index in [9.17, 15) is 22.8 Å². The monoisotopic (exact) mass is 445 g/mol. The second kappa shape index (κ2) is 7.66. The summed E-state index contributed by atoms with van der Waals surface area (Å²) in [5.41, 5.74) is 0.355. The summed E-state index contributed by atoms with van der Waals surface area (Å²) in [5, 5.41) is 0. The van der Waals surface area contributed by atoms with Gasteiger partial charge in [-0.15, -0.1) is 13.2 Å². The Morgan fingerprint density at radius 2 is 1.81 bits per heavy atom. The molecule has 1 saturated heterocycles. The zero-order valence-corrected chi connectivity index (χ0v) is 17.1. The van der Waals surface area contributed by atoms with Gasteiger partial charge in [0.15, 0.2) is 0 Å².